The normalized spacial score (nSPS) is 19.6. The van der Waals surface area contributed by atoms with Gasteiger partial charge >= 0.3 is 0 Å². The minimum atomic E-state index is -0.144. The average Bonchev–Trinajstić information content (AvgIpc) is 3.03. The Hall–Kier alpha value is -1.84. The molecule has 0 spiro atoms. The van der Waals surface area contributed by atoms with E-state index in [1.54, 1.807) is 6.92 Å². The topological polar surface area (TPSA) is 40.6 Å². The van der Waals surface area contributed by atoms with Crippen LogP contribution in [-0.2, 0) is 9.59 Å². The molecule has 1 heterocycles. The zero-order chi connectivity index (χ0) is 20.1. The van der Waals surface area contributed by atoms with Crippen LogP contribution in [0.5, 0.6) is 0 Å². The summed E-state index contributed by atoms with van der Waals surface area (Å²) in [4.78, 5) is 29.4. The molecule has 2 atom stereocenters. The molecule has 1 aromatic rings. The first kappa shape index (κ1) is 21.5. The molecule has 1 saturated heterocycles. The molecular weight excluding hydrogens is 336 g/mol. The van der Waals surface area contributed by atoms with E-state index in [4.69, 9.17) is 0 Å². The van der Waals surface area contributed by atoms with Crippen LogP contribution < -0.4 is 0 Å². The number of amides is 2. The van der Waals surface area contributed by atoms with Crippen molar-refractivity contribution in [3.63, 3.8) is 0 Å². The molecule has 1 aliphatic heterocycles. The van der Waals surface area contributed by atoms with Crippen LogP contribution in [0.4, 0.5) is 0 Å². The highest BCUT2D eigenvalue weighted by atomic mass is 16.2. The third-order valence-corrected chi connectivity index (χ3v) is 5.69. The third kappa shape index (κ3) is 5.33. The predicted molar refractivity (Wildman–Crippen MR) is 111 cm³/mol. The van der Waals surface area contributed by atoms with Gasteiger partial charge in [0, 0.05) is 39.0 Å². The van der Waals surface area contributed by atoms with Crippen LogP contribution in [0, 0.1) is 25.7 Å². The minimum Gasteiger partial charge on any atom is -0.342 e. The van der Waals surface area contributed by atoms with Gasteiger partial charge in [-0.2, -0.15) is 0 Å². The average molecular weight is 373 g/mol. The Morgan fingerprint density at radius 2 is 1.89 bits per heavy atom. The van der Waals surface area contributed by atoms with Crippen molar-refractivity contribution in [3.8, 4) is 0 Å². The lowest BCUT2D eigenvalue weighted by Crippen LogP contribution is -2.40. The second-order valence-electron chi connectivity index (χ2n) is 8.50. The fraction of sp³-hybridized carbons (Fsp3) is 0.652. The first-order valence-corrected chi connectivity index (χ1v) is 10.4. The summed E-state index contributed by atoms with van der Waals surface area (Å²) in [6, 6.07) is 6.44. The molecule has 1 fully saturated rings. The fourth-order valence-corrected chi connectivity index (χ4v) is 4.12. The fourth-order valence-electron chi connectivity index (χ4n) is 4.12. The van der Waals surface area contributed by atoms with Gasteiger partial charge in [-0.25, -0.2) is 0 Å². The van der Waals surface area contributed by atoms with Crippen LogP contribution in [0.25, 0.3) is 0 Å². The van der Waals surface area contributed by atoms with E-state index in [9.17, 15) is 9.59 Å². The lowest BCUT2D eigenvalue weighted by atomic mass is 9.85. The molecule has 4 nitrogen and oxygen atoms in total. The predicted octanol–water partition coefficient (Wildman–Crippen LogP) is 4.15. The van der Waals surface area contributed by atoms with Crippen LogP contribution >= 0.6 is 0 Å². The van der Waals surface area contributed by atoms with Crippen molar-refractivity contribution in [2.75, 3.05) is 26.2 Å². The number of nitrogens with zero attached hydrogens (tertiary/aromatic N) is 2. The van der Waals surface area contributed by atoms with Gasteiger partial charge in [0.05, 0.1) is 5.92 Å². The van der Waals surface area contributed by atoms with E-state index in [1.165, 1.54) is 16.7 Å². The van der Waals surface area contributed by atoms with Gasteiger partial charge < -0.3 is 9.80 Å². The molecule has 0 aliphatic carbocycles. The van der Waals surface area contributed by atoms with Gasteiger partial charge in [-0.1, -0.05) is 44.5 Å². The zero-order valence-corrected chi connectivity index (χ0v) is 17.9. The van der Waals surface area contributed by atoms with Gasteiger partial charge in [0.1, 0.15) is 0 Å². The van der Waals surface area contributed by atoms with Crippen molar-refractivity contribution in [1.82, 2.24) is 9.80 Å². The number of likely N-dealkylation sites (tertiary alicyclic amines) is 1. The van der Waals surface area contributed by atoms with Crippen molar-refractivity contribution >= 4 is 11.8 Å². The van der Waals surface area contributed by atoms with Crippen LogP contribution in [0.1, 0.15) is 63.1 Å². The van der Waals surface area contributed by atoms with Crippen molar-refractivity contribution in [2.24, 2.45) is 11.8 Å². The van der Waals surface area contributed by atoms with Gasteiger partial charge in [-0.3, -0.25) is 9.59 Å². The minimum absolute atomic E-state index is 0.0595. The van der Waals surface area contributed by atoms with Gasteiger partial charge in [0.15, 0.2) is 0 Å². The van der Waals surface area contributed by atoms with Gasteiger partial charge in [-0.15, -0.1) is 0 Å². The molecule has 1 aliphatic rings. The molecule has 0 N–H and O–H groups in total. The summed E-state index contributed by atoms with van der Waals surface area (Å²) in [5.41, 5.74) is 3.65. The van der Waals surface area contributed by atoms with Crippen molar-refractivity contribution < 1.29 is 9.59 Å². The first-order valence-electron chi connectivity index (χ1n) is 10.4. The van der Waals surface area contributed by atoms with E-state index in [2.05, 4.69) is 52.8 Å². The Morgan fingerprint density at radius 1 is 1.19 bits per heavy atom. The van der Waals surface area contributed by atoms with Crippen LogP contribution in [-0.4, -0.2) is 47.8 Å². The third-order valence-electron chi connectivity index (χ3n) is 5.69. The standard InChI is InChI=1S/C23H36N2O2/c1-7-11-24(12-10-16(2)3)23(27)22-15-25(19(6)26)14-21(22)20-9-8-17(4)13-18(20)5/h8-9,13,16,21-22H,7,10-12,14-15H2,1-6H3/t21-,22?/m0/s1. The summed E-state index contributed by atoms with van der Waals surface area (Å²) in [5, 5.41) is 0. The molecule has 0 aromatic heterocycles. The summed E-state index contributed by atoms with van der Waals surface area (Å²) in [6.07, 6.45) is 1.98. The van der Waals surface area contributed by atoms with Gasteiger partial charge in [0.25, 0.3) is 0 Å². The highest BCUT2D eigenvalue weighted by Gasteiger charge is 2.41. The van der Waals surface area contributed by atoms with E-state index >= 15 is 0 Å². The molecule has 2 rings (SSSR count). The Labute approximate surface area is 164 Å². The maximum atomic E-state index is 13.5. The van der Waals surface area contributed by atoms with Crippen LogP contribution in [0.15, 0.2) is 18.2 Å². The Kier molecular flexibility index (Phi) is 7.46. The number of hydrogen-bond acceptors (Lipinski definition) is 2. The Balaban J connectivity index is 2.30. The molecule has 0 saturated carbocycles. The Bertz CT molecular complexity index is 668. The number of hydrogen-bond donors (Lipinski definition) is 0. The SMILES string of the molecule is CCCN(CCC(C)C)C(=O)C1CN(C(C)=O)C[C@H]1c1ccc(C)cc1C. The van der Waals surface area contributed by atoms with Crippen molar-refractivity contribution in [3.05, 3.63) is 34.9 Å². The molecule has 2 amide bonds. The van der Waals surface area contributed by atoms with Gasteiger partial charge in [0.2, 0.25) is 11.8 Å². The van der Waals surface area contributed by atoms with E-state index < -0.39 is 0 Å². The summed E-state index contributed by atoms with van der Waals surface area (Å²) < 4.78 is 0. The lowest BCUT2D eigenvalue weighted by Gasteiger charge is -2.29. The molecular formula is C23H36N2O2. The number of carbonyl (C=O) groups excluding carboxylic acids is 2. The highest BCUT2D eigenvalue weighted by Crippen LogP contribution is 2.36. The van der Waals surface area contributed by atoms with Gasteiger partial charge in [-0.05, 0) is 43.7 Å². The van der Waals surface area contributed by atoms with E-state index in [-0.39, 0.29) is 23.7 Å². The van der Waals surface area contributed by atoms with E-state index in [0.29, 0.717) is 19.0 Å². The number of benzene rings is 1. The summed E-state index contributed by atoms with van der Waals surface area (Å²) in [6.45, 7) is 15.1. The molecule has 0 radical (unpaired) electrons. The smallest absolute Gasteiger partial charge is 0.228 e. The van der Waals surface area contributed by atoms with E-state index in [1.807, 2.05) is 9.80 Å². The van der Waals surface area contributed by atoms with Crippen molar-refractivity contribution in [1.29, 1.82) is 0 Å². The molecule has 0 bridgehead atoms. The maximum absolute atomic E-state index is 13.5. The molecule has 1 unspecified atom stereocenters. The molecule has 4 heteroatoms. The first-order chi connectivity index (χ1) is 12.7. The molecule has 1 aromatic carbocycles. The summed E-state index contributed by atoms with van der Waals surface area (Å²) in [5.74, 6) is 0.787. The number of aryl methyl sites for hydroxylation is 2. The number of rotatable bonds is 7. The number of carbonyl (C=O) groups is 2. The molecule has 150 valence electrons. The molecule has 27 heavy (non-hydrogen) atoms. The zero-order valence-electron chi connectivity index (χ0n) is 17.9. The van der Waals surface area contributed by atoms with E-state index in [0.717, 1.165) is 25.9 Å². The maximum Gasteiger partial charge on any atom is 0.228 e. The summed E-state index contributed by atoms with van der Waals surface area (Å²) >= 11 is 0. The Morgan fingerprint density at radius 3 is 2.44 bits per heavy atom. The van der Waals surface area contributed by atoms with Crippen LogP contribution in [0.2, 0.25) is 0 Å². The quantitative estimate of drug-likeness (QED) is 0.721. The second kappa shape index (κ2) is 9.38. The lowest BCUT2D eigenvalue weighted by molar-refractivity contribution is -0.136. The van der Waals surface area contributed by atoms with Crippen LogP contribution in [0.3, 0.4) is 0 Å². The second-order valence-corrected chi connectivity index (χ2v) is 8.50. The highest BCUT2D eigenvalue weighted by molar-refractivity contribution is 5.83. The monoisotopic (exact) mass is 372 g/mol. The summed E-state index contributed by atoms with van der Waals surface area (Å²) in [7, 11) is 0. The largest absolute Gasteiger partial charge is 0.342 e. The van der Waals surface area contributed by atoms with Crippen molar-refractivity contribution in [2.45, 2.75) is 60.3 Å².